The van der Waals surface area contributed by atoms with Crippen LogP contribution in [0.1, 0.15) is 18.4 Å². The van der Waals surface area contributed by atoms with Crippen LogP contribution in [0.3, 0.4) is 0 Å². The number of carbonyl (C=O) groups is 1. The molecule has 0 amide bonds. The lowest BCUT2D eigenvalue weighted by Crippen LogP contribution is -2.37. The molecule has 1 aromatic rings. The Hall–Kier alpha value is -1.52. The van der Waals surface area contributed by atoms with Crippen molar-refractivity contribution in [2.75, 3.05) is 32.1 Å². The van der Waals surface area contributed by atoms with Gasteiger partial charge in [-0.25, -0.2) is 4.79 Å². The van der Waals surface area contributed by atoms with Gasteiger partial charge in [0.25, 0.3) is 0 Å². The van der Waals surface area contributed by atoms with Gasteiger partial charge in [0.1, 0.15) is 0 Å². The number of anilines is 1. The van der Waals surface area contributed by atoms with Gasteiger partial charge in [0.2, 0.25) is 0 Å². The molecule has 1 saturated heterocycles. The van der Waals surface area contributed by atoms with Crippen LogP contribution in [-0.2, 0) is 4.79 Å². The van der Waals surface area contributed by atoms with E-state index in [0.717, 1.165) is 30.4 Å². The molecule has 1 aromatic carbocycles. The molecular formula is C16H21ClN2O2. The minimum atomic E-state index is -0.959. The minimum Gasteiger partial charge on any atom is -0.478 e. The third-order valence-electron chi connectivity index (χ3n) is 3.96. The highest BCUT2D eigenvalue weighted by atomic mass is 35.5. The molecule has 1 aliphatic rings. The SMILES string of the molecule is CN(CC1CCCN1C)c1c(Cl)cccc1/C=C/C(=O)O. The zero-order valence-electron chi connectivity index (χ0n) is 12.4. The zero-order valence-corrected chi connectivity index (χ0v) is 13.2. The lowest BCUT2D eigenvalue weighted by atomic mass is 10.1. The summed E-state index contributed by atoms with van der Waals surface area (Å²) in [6, 6.07) is 6.07. The van der Waals surface area contributed by atoms with Crippen molar-refractivity contribution >= 4 is 29.3 Å². The Morgan fingerprint density at radius 2 is 2.33 bits per heavy atom. The molecule has 2 rings (SSSR count). The molecule has 21 heavy (non-hydrogen) atoms. The second-order valence-corrected chi connectivity index (χ2v) is 5.91. The highest BCUT2D eigenvalue weighted by Crippen LogP contribution is 2.31. The molecule has 0 spiro atoms. The molecule has 0 saturated carbocycles. The van der Waals surface area contributed by atoms with Crippen LogP contribution >= 0.6 is 11.6 Å². The van der Waals surface area contributed by atoms with Gasteiger partial charge in [-0.3, -0.25) is 0 Å². The average Bonchev–Trinajstić information content (AvgIpc) is 2.81. The van der Waals surface area contributed by atoms with Gasteiger partial charge in [0.15, 0.2) is 0 Å². The molecule has 0 aliphatic carbocycles. The highest BCUT2D eigenvalue weighted by molar-refractivity contribution is 6.33. The molecule has 4 nitrogen and oxygen atoms in total. The minimum absolute atomic E-state index is 0.516. The second kappa shape index (κ2) is 6.96. The first-order valence-electron chi connectivity index (χ1n) is 7.10. The van der Waals surface area contributed by atoms with Gasteiger partial charge in [-0.1, -0.05) is 23.7 Å². The van der Waals surface area contributed by atoms with Crippen LogP contribution in [0.5, 0.6) is 0 Å². The van der Waals surface area contributed by atoms with Crippen molar-refractivity contribution in [2.45, 2.75) is 18.9 Å². The van der Waals surface area contributed by atoms with Crippen LogP contribution < -0.4 is 4.90 Å². The summed E-state index contributed by atoms with van der Waals surface area (Å²) < 4.78 is 0. The molecule has 114 valence electrons. The molecule has 1 heterocycles. The van der Waals surface area contributed by atoms with Crippen LogP contribution in [0, 0.1) is 0 Å². The van der Waals surface area contributed by atoms with Gasteiger partial charge >= 0.3 is 5.97 Å². The Morgan fingerprint density at radius 3 is 2.95 bits per heavy atom. The summed E-state index contributed by atoms with van der Waals surface area (Å²) in [7, 11) is 4.15. The van der Waals surface area contributed by atoms with Gasteiger partial charge in [0, 0.05) is 25.7 Å². The second-order valence-electron chi connectivity index (χ2n) is 5.51. The number of benzene rings is 1. The smallest absolute Gasteiger partial charge is 0.328 e. The highest BCUT2D eigenvalue weighted by Gasteiger charge is 2.23. The normalized spacial score (nSPS) is 19.3. The van der Waals surface area contributed by atoms with Gasteiger partial charge in [-0.05, 0) is 44.1 Å². The molecule has 1 N–H and O–H groups in total. The molecule has 1 fully saturated rings. The predicted octanol–water partition coefficient (Wildman–Crippen LogP) is 2.97. The molecule has 0 bridgehead atoms. The van der Waals surface area contributed by atoms with E-state index < -0.39 is 5.97 Å². The maximum Gasteiger partial charge on any atom is 0.328 e. The maximum atomic E-state index is 10.7. The quantitative estimate of drug-likeness (QED) is 0.849. The van der Waals surface area contributed by atoms with Crippen LogP contribution in [0.4, 0.5) is 5.69 Å². The van der Waals surface area contributed by atoms with Crippen molar-refractivity contribution in [2.24, 2.45) is 0 Å². The van der Waals surface area contributed by atoms with Crippen molar-refractivity contribution in [1.82, 2.24) is 4.90 Å². The summed E-state index contributed by atoms with van der Waals surface area (Å²) >= 11 is 6.32. The van der Waals surface area contributed by atoms with Crippen LogP contribution in [0.2, 0.25) is 5.02 Å². The number of hydrogen-bond acceptors (Lipinski definition) is 3. The Labute approximate surface area is 130 Å². The van der Waals surface area contributed by atoms with Gasteiger partial charge in [0.05, 0.1) is 10.7 Å². The molecule has 5 heteroatoms. The number of carboxylic acids is 1. The van der Waals surface area contributed by atoms with E-state index in [9.17, 15) is 4.79 Å². The number of carboxylic acid groups (broad SMARTS) is 1. The number of halogens is 1. The van der Waals surface area contributed by atoms with E-state index in [1.54, 1.807) is 6.08 Å². The number of rotatable bonds is 5. The molecule has 1 unspecified atom stereocenters. The number of para-hydroxylation sites is 1. The summed E-state index contributed by atoms with van der Waals surface area (Å²) in [6.07, 6.45) is 5.15. The maximum absolute atomic E-state index is 10.7. The van der Waals surface area contributed by atoms with E-state index >= 15 is 0 Å². The fourth-order valence-corrected chi connectivity index (χ4v) is 3.17. The predicted molar refractivity (Wildman–Crippen MR) is 87.0 cm³/mol. The number of likely N-dealkylation sites (N-methyl/N-ethyl adjacent to an activating group) is 2. The van der Waals surface area contributed by atoms with E-state index in [1.165, 1.54) is 12.8 Å². The Bertz CT molecular complexity index is 545. The van der Waals surface area contributed by atoms with Crippen molar-refractivity contribution in [1.29, 1.82) is 0 Å². The molecular weight excluding hydrogens is 288 g/mol. The summed E-state index contributed by atoms with van der Waals surface area (Å²) in [5.41, 5.74) is 1.71. The fourth-order valence-electron chi connectivity index (χ4n) is 2.85. The first-order chi connectivity index (χ1) is 9.99. The van der Waals surface area contributed by atoms with Crippen molar-refractivity contribution in [3.8, 4) is 0 Å². The summed E-state index contributed by atoms with van der Waals surface area (Å²) in [5, 5.41) is 9.44. The van der Waals surface area contributed by atoms with Gasteiger partial charge in [-0.15, -0.1) is 0 Å². The summed E-state index contributed by atoms with van der Waals surface area (Å²) in [4.78, 5) is 15.2. The lowest BCUT2D eigenvalue weighted by molar-refractivity contribution is -0.131. The van der Waals surface area contributed by atoms with Crippen molar-refractivity contribution in [3.05, 3.63) is 34.9 Å². The fraction of sp³-hybridized carbons (Fsp3) is 0.438. The number of nitrogens with zero attached hydrogens (tertiary/aromatic N) is 2. The monoisotopic (exact) mass is 308 g/mol. The Morgan fingerprint density at radius 1 is 1.57 bits per heavy atom. The first kappa shape index (κ1) is 15.9. The number of aliphatic carboxylic acids is 1. The Kier molecular flexibility index (Phi) is 5.26. The van der Waals surface area contributed by atoms with E-state index in [1.807, 2.05) is 25.2 Å². The van der Waals surface area contributed by atoms with Crippen LogP contribution in [-0.4, -0.2) is 49.2 Å². The van der Waals surface area contributed by atoms with Crippen LogP contribution in [0.25, 0.3) is 6.08 Å². The topological polar surface area (TPSA) is 43.8 Å². The van der Waals surface area contributed by atoms with E-state index in [0.29, 0.717) is 11.1 Å². The Balaban J connectivity index is 2.22. The van der Waals surface area contributed by atoms with E-state index in [2.05, 4.69) is 16.8 Å². The molecule has 0 radical (unpaired) electrons. The third kappa shape index (κ3) is 3.99. The molecule has 0 aromatic heterocycles. The molecule has 1 atom stereocenters. The lowest BCUT2D eigenvalue weighted by Gasteiger charge is -2.29. The summed E-state index contributed by atoms with van der Waals surface area (Å²) in [5.74, 6) is -0.959. The third-order valence-corrected chi connectivity index (χ3v) is 4.27. The number of hydrogen-bond donors (Lipinski definition) is 1. The first-order valence-corrected chi connectivity index (χ1v) is 7.47. The largest absolute Gasteiger partial charge is 0.478 e. The van der Waals surface area contributed by atoms with Gasteiger partial charge < -0.3 is 14.9 Å². The van der Waals surface area contributed by atoms with Gasteiger partial charge in [-0.2, -0.15) is 0 Å². The van der Waals surface area contributed by atoms with Crippen molar-refractivity contribution < 1.29 is 9.90 Å². The van der Waals surface area contributed by atoms with E-state index in [4.69, 9.17) is 16.7 Å². The van der Waals surface area contributed by atoms with E-state index in [-0.39, 0.29) is 0 Å². The zero-order chi connectivity index (χ0) is 15.4. The van der Waals surface area contributed by atoms with Crippen LogP contribution in [0.15, 0.2) is 24.3 Å². The molecule has 1 aliphatic heterocycles. The van der Waals surface area contributed by atoms with Crippen molar-refractivity contribution in [3.63, 3.8) is 0 Å². The standard InChI is InChI=1S/C16H21ClN2O2/c1-18-10-4-6-13(18)11-19(2)16-12(8-9-15(20)21)5-3-7-14(16)17/h3,5,7-9,13H,4,6,10-11H2,1-2H3,(H,20,21)/b9-8+. The summed E-state index contributed by atoms with van der Waals surface area (Å²) in [6.45, 7) is 2.01. The average molecular weight is 309 g/mol. The number of likely N-dealkylation sites (tertiary alicyclic amines) is 1.